The number of hydrogen-bond donors (Lipinski definition) is 2. The van der Waals surface area contributed by atoms with E-state index < -0.39 is 41.9 Å². The summed E-state index contributed by atoms with van der Waals surface area (Å²) >= 11 is 7.62. The lowest BCUT2D eigenvalue weighted by Gasteiger charge is -2.35. The van der Waals surface area contributed by atoms with Crippen molar-refractivity contribution >= 4 is 52.5 Å². The van der Waals surface area contributed by atoms with Crippen LogP contribution in [0.25, 0.3) is 0 Å². The van der Waals surface area contributed by atoms with Crippen molar-refractivity contribution in [1.82, 2.24) is 20.1 Å². The molecule has 0 bridgehead atoms. The minimum Gasteiger partial charge on any atom is -0.487 e. The average molecular weight is 624 g/mol. The Morgan fingerprint density at radius 3 is 2.53 bits per heavy atom. The molecule has 2 aromatic carbocycles. The standard InChI is InChI=1S/C30H30ClN5O6S/c1-30(2,3)42-23-12-18(22(37)13-25(39)40)6-9-20(23)28-34-26(21-15-43-16-33-21)27(17-4-7-19(31)8-5-17)36(28)29(41)35-11-10-32-24(38)14-35/h4-9,12,15-16,26-27H,10-11,13-14H2,1-3H3,(H,32,38)(H,39,40). The SMILES string of the molecule is CC(C)(C)Oc1cc(C(=O)CC(=O)O)ccc1C1=NC(c2cscn2)C(c2ccc(Cl)cc2)N1C(=O)N1CCNC(=O)C1. The van der Waals surface area contributed by atoms with E-state index in [0.717, 1.165) is 5.56 Å². The highest BCUT2D eigenvalue weighted by Crippen LogP contribution is 2.45. The Morgan fingerprint density at radius 1 is 1.16 bits per heavy atom. The van der Waals surface area contributed by atoms with Crippen LogP contribution in [0.2, 0.25) is 5.02 Å². The highest BCUT2D eigenvalue weighted by molar-refractivity contribution is 7.07. The van der Waals surface area contributed by atoms with Gasteiger partial charge >= 0.3 is 12.0 Å². The van der Waals surface area contributed by atoms with E-state index in [4.69, 9.17) is 21.3 Å². The van der Waals surface area contributed by atoms with Crippen molar-refractivity contribution in [1.29, 1.82) is 0 Å². The molecular weight excluding hydrogens is 594 g/mol. The van der Waals surface area contributed by atoms with Gasteiger partial charge in [0.25, 0.3) is 0 Å². The zero-order valence-corrected chi connectivity index (χ0v) is 25.3. The molecule has 2 atom stereocenters. The lowest BCUT2D eigenvalue weighted by molar-refractivity contribution is -0.136. The predicted octanol–water partition coefficient (Wildman–Crippen LogP) is 4.73. The second-order valence-corrected chi connectivity index (χ2v) is 12.3. The number of benzene rings is 2. The summed E-state index contributed by atoms with van der Waals surface area (Å²) in [6.07, 6.45) is -0.679. The third-order valence-corrected chi connectivity index (χ3v) is 7.68. The first-order chi connectivity index (χ1) is 20.4. The minimum atomic E-state index is -1.24. The number of Topliss-reactive ketones (excluding diaryl/α,β-unsaturated/α-hetero) is 1. The fourth-order valence-corrected chi connectivity index (χ4v) is 5.73. The van der Waals surface area contributed by atoms with Gasteiger partial charge in [-0.3, -0.25) is 24.3 Å². The molecule has 13 heteroatoms. The second kappa shape index (κ2) is 12.1. The fraction of sp³-hybridized carbons (Fsp3) is 0.333. The third kappa shape index (κ3) is 6.70. The van der Waals surface area contributed by atoms with Crippen LogP contribution in [0.15, 0.2) is 58.3 Å². The highest BCUT2D eigenvalue weighted by Gasteiger charge is 2.46. The lowest BCUT2D eigenvalue weighted by atomic mass is 9.97. The molecule has 0 radical (unpaired) electrons. The molecule has 1 saturated heterocycles. The molecule has 3 heterocycles. The van der Waals surface area contributed by atoms with E-state index in [1.807, 2.05) is 38.3 Å². The molecule has 1 aromatic heterocycles. The number of carboxylic acid groups (broad SMARTS) is 1. The number of halogens is 1. The summed E-state index contributed by atoms with van der Waals surface area (Å²) < 4.78 is 6.29. The van der Waals surface area contributed by atoms with Crippen LogP contribution in [0.3, 0.4) is 0 Å². The Kier molecular flexibility index (Phi) is 8.52. The molecule has 3 aromatic rings. The summed E-state index contributed by atoms with van der Waals surface area (Å²) in [7, 11) is 0. The molecule has 3 amide bonds. The Bertz CT molecular complexity index is 1590. The molecule has 5 rings (SSSR count). The number of nitrogens with one attached hydrogen (secondary N) is 1. The van der Waals surface area contributed by atoms with Gasteiger partial charge in [0.1, 0.15) is 36.2 Å². The van der Waals surface area contributed by atoms with Gasteiger partial charge in [-0.15, -0.1) is 11.3 Å². The number of amides is 3. The number of hydrogen-bond acceptors (Lipinski definition) is 8. The first-order valence-corrected chi connectivity index (χ1v) is 14.9. The van der Waals surface area contributed by atoms with Crippen molar-refractivity contribution < 1.29 is 29.0 Å². The van der Waals surface area contributed by atoms with E-state index in [1.54, 1.807) is 28.6 Å². The summed E-state index contributed by atoms with van der Waals surface area (Å²) in [5.41, 5.74) is 2.96. The maximum absolute atomic E-state index is 14.4. The number of nitrogens with zero attached hydrogens (tertiary/aromatic N) is 4. The molecule has 0 spiro atoms. The number of carboxylic acids is 1. The van der Waals surface area contributed by atoms with Crippen LogP contribution in [-0.4, -0.2) is 74.7 Å². The van der Waals surface area contributed by atoms with Crippen LogP contribution in [0.1, 0.15) is 66.5 Å². The molecule has 43 heavy (non-hydrogen) atoms. The third-order valence-electron chi connectivity index (χ3n) is 6.82. The van der Waals surface area contributed by atoms with Crippen molar-refractivity contribution in [2.24, 2.45) is 4.99 Å². The monoisotopic (exact) mass is 623 g/mol. The van der Waals surface area contributed by atoms with E-state index in [1.165, 1.54) is 28.4 Å². The van der Waals surface area contributed by atoms with Crippen LogP contribution in [0.4, 0.5) is 4.79 Å². The molecule has 2 aliphatic rings. The van der Waals surface area contributed by atoms with Gasteiger partial charge in [-0.1, -0.05) is 29.8 Å². The van der Waals surface area contributed by atoms with Gasteiger partial charge in [0, 0.05) is 29.1 Å². The summed E-state index contributed by atoms with van der Waals surface area (Å²) in [4.78, 5) is 63.2. The number of ketones is 1. The molecule has 0 saturated carbocycles. The number of aliphatic imine (C=N–C) groups is 1. The topological polar surface area (TPSA) is 142 Å². The summed E-state index contributed by atoms with van der Waals surface area (Å²) in [6, 6.07) is 10.0. The van der Waals surface area contributed by atoms with Crippen molar-refractivity contribution in [3.05, 3.63) is 80.8 Å². The number of carbonyl (C=O) groups is 4. The molecular formula is C30H30ClN5O6S. The molecule has 11 nitrogen and oxygen atoms in total. The molecule has 2 N–H and O–H groups in total. The lowest BCUT2D eigenvalue weighted by Crippen LogP contribution is -2.55. The van der Waals surface area contributed by atoms with E-state index in [0.29, 0.717) is 29.4 Å². The summed E-state index contributed by atoms with van der Waals surface area (Å²) in [6.45, 7) is 6.00. The normalized spacial score (nSPS) is 18.7. The van der Waals surface area contributed by atoms with Crippen molar-refractivity contribution in [3.63, 3.8) is 0 Å². The van der Waals surface area contributed by atoms with E-state index in [9.17, 15) is 24.3 Å². The van der Waals surface area contributed by atoms with Gasteiger partial charge in [0.2, 0.25) is 5.91 Å². The molecule has 224 valence electrons. The van der Waals surface area contributed by atoms with Crippen LogP contribution < -0.4 is 10.1 Å². The Hall–Kier alpha value is -4.29. The summed E-state index contributed by atoms with van der Waals surface area (Å²) in [5.74, 6) is -1.57. The van der Waals surface area contributed by atoms with E-state index in [2.05, 4.69) is 10.3 Å². The van der Waals surface area contributed by atoms with Gasteiger partial charge in [0.05, 0.1) is 22.8 Å². The van der Waals surface area contributed by atoms with Crippen molar-refractivity contribution in [2.45, 2.75) is 44.9 Å². The molecule has 0 aliphatic carbocycles. The predicted molar refractivity (Wildman–Crippen MR) is 161 cm³/mol. The number of aromatic nitrogens is 1. The first-order valence-electron chi connectivity index (χ1n) is 13.6. The number of carbonyl (C=O) groups excluding carboxylic acids is 3. The smallest absolute Gasteiger partial charge is 0.326 e. The van der Waals surface area contributed by atoms with Crippen LogP contribution in [0, 0.1) is 0 Å². The maximum atomic E-state index is 14.4. The zero-order valence-electron chi connectivity index (χ0n) is 23.7. The zero-order chi connectivity index (χ0) is 30.9. The molecule has 2 aliphatic heterocycles. The van der Waals surface area contributed by atoms with Crippen LogP contribution >= 0.6 is 22.9 Å². The quantitative estimate of drug-likeness (QED) is 0.286. The number of ether oxygens (including phenoxy) is 1. The highest BCUT2D eigenvalue weighted by atomic mass is 35.5. The van der Waals surface area contributed by atoms with Crippen LogP contribution in [0.5, 0.6) is 5.75 Å². The number of urea groups is 1. The number of rotatable bonds is 7. The number of amidine groups is 1. The largest absolute Gasteiger partial charge is 0.487 e. The van der Waals surface area contributed by atoms with Crippen molar-refractivity contribution in [2.75, 3.05) is 19.6 Å². The second-order valence-electron chi connectivity index (χ2n) is 11.2. The van der Waals surface area contributed by atoms with Gasteiger partial charge in [-0.05, 0) is 50.6 Å². The average Bonchev–Trinajstić information content (AvgIpc) is 3.60. The van der Waals surface area contributed by atoms with Gasteiger partial charge in [-0.2, -0.15) is 0 Å². The van der Waals surface area contributed by atoms with E-state index >= 15 is 0 Å². The number of piperazine rings is 1. The maximum Gasteiger partial charge on any atom is 0.326 e. The number of aliphatic carboxylic acids is 1. The van der Waals surface area contributed by atoms with E-state index in [-0.39, 0.29) is 29.6 Å². The fourth-order valence-electron chi connectivity index (χ4n) is 5.02. The Balaban J connectivity index is 1.69. The van der Waals surface area contributed by atoms with Gasteiger partial charge in [-0.25, -0.2) is 9.78 Å². The number of thiazole rings is 1. The first kappa shape index (κ1) is 30.2. The molecule has 2 unspecified atom stereocenters. The van der Waals surface area contributed by atoms with Crippen LogP contribution in [-0.2, 0) is 9.59 Å². The Morgan fingerprint density at radius 2 is 1.91 bits per heavy atom. The van der Waals surface area contributed by atoms with Gasteiger partial charge < -0.3 is 20.1 Å². The van der Waals surface area contributed by atoms with Crippen molar-refractivity contribution in [3.8, 4) is 5.75 Å². The minimum absolute atomic E-state index is 0.120. The Labute approximate surface area is 257 Å². The van der Waals surface area contributed by atoms with Gasteiger partial charge in [0.15, 0.2) is 5.78 Å². The molecule has 1 fully saturated rings. The summed E-state index contributed by atoms with van der Waals surface area (Å²) in [5, 5.41) is 14.3.